The van der Waals surface area contributed by atoms with Crippen molar-refractivity contribution in [3.05, 3.63) is 112 Å². The Morgan fingerprint density at radius 2 is 1.70 bits per heavy atom. The maximum atomic E-state index is 13.5. The van der Waals surface area contributed by atoms with Crippen LogP contribution in [-0.4, -0.2) is 26.9 Å². The van der Waals surface area contributed by atoms with Gasteiger partial charge in [0.1, 0.15) is 5.82 Å². The van der Waals surface area contributed by atoms with E-state index in [1.54, 1.807) is 52.0 Å². The zero-order valence-electron chi connectivity index (χ0n) is 18.5. The molecule has 0 aliphatic rings. The number of likely N-dealkylation sites (N-methyl/N-ethyl adjacent to an activating group) is 1. The molecule has 0 bridgehead atoms. The van der Waals surface area contributed by atoms with Gasteiger partial charge >= 0.3 is 0 Å². The van der Waals surface area contributed by atoms with Gasteiger partial charge in [-0.05, 0) is 61.9 Å². The summed E-state index contributed by atoms with van der Waals surface area (Å²) in [7, 11) is 0. The van der Waals surface area contributed by atoms with Crippen molar-refractivity contribution in [3.63, 3.8) is 0 Å². The SMILES string of the molecule is CCN(C(=O)/C=C/c1ccccc1)C(C)c1nc2ccccc2c(=O)n1-c1ccc(Cl)cc1. The van der Waals surface area contributed by atoms with Crippen LogP contribution in [-0.2, 0) is 4.79 Å². The van der Waals surface area contributed by atoms with Crippen LogP contribution in [0, 0.1) is 0 Å². The van der Waals surface area contributed by atoms with E-state index in [-0.39, 0.29) is 11.5 Å². The fourth-order valence-electron chi connectivity index (χ4n) is 3.86. The second-order valence-corrected chi connectivity index (χ2v) is 8.08. The normalized spacial score (nSPS) is 12.2. The molecule has 1 aromatic heterocycles. The first-order chi connectivity index (χ1) is 16.0. The summed E-state index contributed by atoms with van der Waals surface area (Å²) in [5.74, 6) is 0.336. The van der Waals surface area contributed by atoms with Gasteiger partial charge < -0.3 is 4.90 Å². The van der Waals surface area contributed by atoms with Crippen LogP contribution in [0.1, 0.15) is 31.3 Å². The Bertz CT molecular complexity index is 1360. The average molecular weight is 458 g/mol. The lowest BCUT2D eigenvalue weighted by molar-refractivity contribution is -0.128. The molecule has 33 heavy (non-hydrogen) atoms. The van der Waals surface area contributed by atoms with Crippen LogP contribution >= 0.6 is 11.6 Å². The van der Waals surface area contributed by atoms with Crippen LogP contribution < -0.4 is 5.56 Å². The van der Waals surface area contributed by atoms with E-state index >= 15 is 0 Å². The van der Waals surface area contributed by atoms with Crippen molar-refractivity contribution in [2.75, 3.05) is 6.54 Å². The van der Waals surface area contributed by atoms with Crippen LogP contribution in [0.4, 0.5) is 0 Å². The highest BCUT2D eigenvalue weighted by molar-refractivity contribution is 6.30. The van der Waals surface area contributed by atoms with E-state index in [4.69, 9.17) is 16.6 Å². The van der Waals surface area contributed by atoms with Crippen molar-refractivity contribution in [1.29, 1.82) is 0 Å². The molecule has 1 amide bonds. The second-order valence-electron chi connectivity index (χ2n) is 7.65. The summed E-state index contributed by atoms with van der Waals surface area (Å²) in [5.41, 5.74) is 2.00. The second kappa shape index (κ2) is 9.84. The number of halogens is 1. The Morgan fingerprint density at radius 3 is 2.39 bits per heavy atom. The summed E-state index contributed by atoms with van der Waals surface area (Å²) < 4.78 is 1.57. The van der Waals surface area contributed by atoms with E-state index in [0.717, 1.165) is 5.56 Å². The Balaban J connectivity index is 1.80. The van der Waals surface area contributed by atoms with Gasteiger partial charge in [0, 0.05) is 17.6 Å². The van der Waals surface area contributed by atoms with E-state index in [1.165, 1.54) is 0 Å². The van der Waals surface area contributed by atoms with Gasteiger partial charge in [-0.2, -0.15) is 0 Å². The van der Waals surface area contributed by atoms with Crippen molar-refractivity contribution >= 4 is 34.5 Å². The zero-order valence-corrected chi connectivity index (χ0v) is 19.2. The lowest BCUT2D eigenvalue weighted by Gasteiger charge is -2.28. The minimum atomic E-state index is -0.448. The molecule has 0 fully saturated rings. The van der Waals surface area contributed by atoms with E-state index in [0.29, 0.717) is 34.0 Å². The molecule has 6 heteroatoms. The molecular formula is C27H24ClN3O2. The molecule has 5 nitrogen and oxygen atoms in total. The summed E-state index contributed by atoms with van der Waals surface area (Å²) in [6.07, 6.45) is 3.35. The summed E-state index contributed by atoms with van der Waals surface area (Å²) in [5, 5.41) is 1.09. The Labute approximate surface area is 197 Å². The number of fused-ring (bicyclic) bond motifs is 1. The molecule has 1 unspecified atom stereocenters. The van der Waals surface area contributed by atoms with E-state index < -0.39 is 6.04 Å². The Morgan fingerprint density at radius 1 is 1.03 bits per heavy atom. The summed E-state index contributed by atoms with van der Waals surface area (Å²) in [6, 6.07) is 23.5. The molecule has 0 aliphatic heterocycles. The molecule has 0 N–H and O–H groups in total. The number of carbonyl (C=O) groups is 1. The topological polar surface area (TPSA) is 55.2 Å². The van der Waals surface area contributed by atoms with Gasteiger partial charge in [-0.15, -0.1) is 0 Å². The average Bonchev–Trinajstić information content (AvgIpc) is 2.84. The molecule has 4 aromatic rings. The molecule has 0 saturated heterocycles. The Kier molecular flexibility index (Phi) is 6.71. The monoisotopic (exact) mass is 457 g/mol. The third-order valence-corrected chi connectivity index (χ3v) is 5.82. The van der Waals surface area contributed by atoms with Crippen molar-refractivity contribution in [3.8, 4) is 5.69 Å². The number of aromatic nitrogens is 2. The van der Waals surface area contributed by atoms with Crippen molar-refractivity contribution < 1.29 is 4.79 Å². The number of hydrogen-bond donors (Lipinski definition) is 0. The standard InChI is InChI=1S/C27H24ClN3O2/c1-3-30(25(32)18-13-20-9-5-4-6-10-20)19(2)26-29-24-12-8-7-11-23(24)27(33)31(26)22-16-14-21(28)15-17-22/h4-19H,3H2,1-2H3/b18-13+. The number of nitrogens with zero attached hydrogens (tertiary/aromatic N) is 3. The fraction of sp³-hybridized carbons (Fsp3) is 0.148. The highest BCUT2D eigenvalue weighted by Gasteiger charge is 2.24. The number of amides is 1. The molecule has 1 atom stereocenters. The first-order valence-corrected chi connectivity index (χ1v) is 11.2. The van der Waals surface area contributed by atoms with Crippen molar-refractivity contribution in [1.82, 2.24) is 14.5 Å². The first kappa shape index (κ1) is 22.5. The van der Waals surface area contributed by atoms with Crippen LogP contribution in [0.5, 0.6) is 0 Å². The minimum Gasteiger partial charge on any atom is -0.330 e. The lowest BCUT2D eigenvalue weighted by atomic mass is 10.1. The first-order valence-electron chi connectivity index (χ1n) is 10.8. The molecule has 1 heterocycles. The predicted molar refractivity (Wildman–Crippen MR) is 134 cm³/mol. The fourth-order valence-corrected chi connectivity index (χ4v) is 3.98. The number of rotatable bonds is 6. The van der Waals surface area contributed by atoms with Crippen LogP contribution in [0.25, 0.3) is 22.7 Å². The van der Waals surface area contributed by atoms with Crippen LogP contribution in [0.3, 0.4) is 0 Å². The quantitative estimate of drug-likeness (QED) is 0.351. The molecule has 4 rings (SSSR count). The van der Waals surface area contributed by atoms with Gasteiger partial charge in [0.25, 0.3) is 5.56 Å². The van der Waals surface area contributed by atoms with Crippen molar-refractivity contribution in [2.24, 2.45) is 0 Å². The molecule has 166 valence electrons. The highest BCUT2D eigenvalue weighted by Crippen LogP contribution is 2.24. The van der Waals surface area contributed by atoms with Gasteiger partial charge in [0.2, 0.25) is 5.91 Å². The van der Waals surface area contributed by atoms with Crippen molar-refractivity contribution in [2.45, 2.75) is 19.9 Å². The highest BCUT2D eigenvalue weighted by atomic mass is 35.5. The van der Waals surface area contributed by atoms with Gasteiger partial charge in [0.15, 0.2) is 0 Å². The van der Waals surface area contributed by atoms with Gasteiger partial charge in [-0.1, -0.05) is 54.1 Å². The third kappa shape index (κ3) is 4.73. The number of carbonyl (C=O) groups excluding carboxylic acids is 1. The molecule has 3 aromatic carbocycles. The van der Waals surface area contributed by atoms with E-state index in [1.807, 2.05) is 62.4 Å². The smallest absolute Gasteiger partial charge is 0.266 e. The summed E-state index contributed by atoms with van der Waals surface area (Å²) in [4.78, 5) is 33.1. The molecule has 0 spiro atoms. The molecular weight excluding hydrogens is 434 g/mol. The minimum absolute atomic E-state index is 0.154. The largest absolute Gasteiger partial charge is 0.330 e. The molecule has 0 saturated carbocycles. The van der Waals surface area contributed by atoms with Crippen LogP contribution in [0.15, 0.2) is 89.7 Å². The van der Waals surface area contributed by atoms with Gasteiger partial charge in [-0.25, -0.2) is 4.98 Å². The summed E-state index contributed by atoms with van der Waals surface area (Å²) in [6.45, 7) is 4.26. The zero-order chi connectivity index (χ0) is 23.4. The van der Waals surface area contributed by atoms with Gasteiger partial charge in [-0.3, -0.25) is 14.2 Å². The molecule has 0 aliphatic carbocycles. The third-order valence-electron chi connectivity index (χ3n) is 5.57. The van der Waals surface area contributed by atoms with E-state index in [9.17, 15) is 9.59 Å². The Hall–Kier alpha value is -3.70. The maximum Gasteiger partial charge on any atom is 0.266 e. The summed E-state index contributed by atoms with van der Waals surface area (Å²) >= 11 is 6.07. The maximum absolute atomic E-state index is 13.5. The predicted octanol–water partition coefficient (Wildman–Crippen LogP) is 5.66. The van der Waals surface area contributed by atoms with E-state index in [2.05, 4.69) is 0 Å². The number of para-hydroxylation sites is 1. The number of benzene rings is 3. The van der Waals surface area contributed by atoms with Gasteiger partial charge in [0.05, 0.1) is 22.6 Å². The number of hydrogen-bond acceptors (Lipinski definition) is 3. The molecule has 0 radical (unpaired) electrons. The lowest BCUT2D eigenvalue weighted by Crippen LogP contribution is -2.36. The van der Waals surface area contributed by atoms with Crippen LogP contribution in [0.2, 0.25) is 5.02 Å².